The van der Waals surface area contributed by atoms with E-state index in [1.54, 1.807) is 0 Å². The number of hydrogen-bond donors (Lipinski definition) is 2. The Morgan fingerprint density at radius 3 is 2.56 bits per heavy atom. The number of carbonyl (C=O) groups is 1. The first-order valence-corrected chi connectivity index (χ1v) is 9.41. The summed E-state index contributed by atoms with van der Waals surface area (Å²) in [6.07, 6.45) is -0.896. The highest BCUT2D eigenvalue weighted by Gasteiger charge is 2.39. The van der Waals surface area contributed by atoms with E-state index in [-0.39, 0.29) is 11.1 Å². The van der Waals surface area contributed by atoms with Crippen LogP contribution in [0.1, 0.15) is 20.8 Å². The molecule has 1 atom stereocenters. The van der Waals surface area contributed by atoms with Gasteiger partial charge < -0.3 is 19.7 Å². The number of hydrogen-bond acceptors (Lipinski definition) is 3. The Balaban J connectivity index is 2.68. The van der Waals surface area contributed by atoms with Crippen molar-refractivity contribution in [3.8, 4) is 0 Å². The first-order chi connectivity index (χ1) is 8.13. The normalized spacial score (nSPS) is 22.7. The van der Waals surface area contributed by atoms with E-state index in [2.05, 4.69) is 39.2 Å². The van der Waals surface area contributed by atoms with E-state index < -0.39 is 14.4 Å². The van der Waals surface area contributed by atoms with Crippen molar-refractivity contribution in [1.29, 1.82) is 0 Å². The molecule has 6 heteroatoms. The van der Waals surface area contributed by atoms with Crippen LogP contribution >= 0.6 is 0 Å². The van der Waals surface area contributed by atoms with Gasteiger partial charge in [-0.1, -0.05) is 20.8 Å². The Kier molecular flexibility index (Phi) is 4.80. The van der Waals surface area contributed by atoms with Gasteiger partial charge in [-0.2, -0.15) is 0 Å². The summed E-state index contributed by atoms with van der Waals surface area (Å²) in [5.41, 5.74) is 0. The second-order valence-corrected chi connectivity index (χ2v) is 11.2. The summed E-state index contributed by atoms with van der Waals surface area (Å²) >= 11 is 0. The predicted octanol–water partition coefficient (Wildman–Crippen LogP) is 1.96. The van der Waals surface area contributed by atoms with E-state index in [1.807, 2.05) is 0 Å². The quantitative estimate of drug-likeness (QED) is 0.756. The third-order valence-corrected chi connectivity index (χ3v) is 8.43. The molecule has 1 saturated heterocycles. The van der Waals surface area contributed by atoms with Crippen molar-refractivity contribution in [3.63, 3.8) is 0 Å². The van der Waals surface area contributed by atoms with Crippen LogP contribution < -0.4 is 5.32 Å². The van der Waals surface area contributed by atoms with Gasteiger partial charge in [-0.3, -0.25) is 0 Å². The molecule has 0 aliphatic carbocycles. The fourth-order valence-electron chi connectivity index (χ4n) is 1.72. The van der Waals surface area contributed by atoms with Crippen molar-refractivity contribution in [1.82, 2.24) is 10.2 Å². The number of rotatable bonds is 2. The summed E-state index contributed by atoms with van der Waals surface area (Å²) in [4.78, 5) is 12.5. The predicted molar refractivity (Wildman–Crippen MR) is 74.5 cm³/mol. The van der Waals surface area contributed by atoms with Gasteiger partial charge in [0.05, 0.1) is 12.6 Å². The van der Waals surface area contributed by atoms with Crippen molar-refractivity contribution in [2.45, 2.75) is 45.0 Å². The highest BCUT2D eigenvalue weighted by Crippen LogP contribution is 2.37. The molecular weight excluding hydrogens is 248 g/mol. The number of nitrogens with zero attached hydrogens (tertiary/aromatic N) is 1. The van der Waals surface area contributed by atoms with Crippen LogP contribution in [-0.4, -0.2) is 56.7 Å². The van der Waals surface area contributed by atoms with Gasteiger partial charge in [0.25, 0.3) is 0 Å². The number of carboxylic acid groups (broad SMARTS) is 1. The first-order valence-electron chi connectivity index (χ1n) is 6.50. The van der Waals surface area contributed by atoms with Crippen LogP contribution in [0, 0.1) is 0 Å². The van der Waals surface area contributed by atoms with E-state index in [4.69, 9.17) is 9.53 Å². The molecule has 5 nitrogen and oxygen atoms in total. The minimum atomic E-state index is -1.84. The van der Waals surface area contributed by atoms with E-state index in [0.717, 1.165) is 6.54 Å². The largest absolute Gasteiger partial charge is 0.465 e. The summed E-state index contributed by atoms with van der Waals surface area (Å²) in [5.74, 6) is 0. The maximum absolute atomic E-state index is 11.1. The van der Waals surface area contributed by atoms with Gasteiger partial charge in [0.15, 0.2) is 8.32 Å². The van der Waals surface area contributed by atoms with Crippen LogP contribution in [-0.2, 0) is 4.43 Å². The average molecular weight is 274 g/mol. The molecule has 0 saturated carbocycles. The molecule has 0 aromatic rings. The Hall–Kier alpha value is -0.593. The lowest BCUT2D eigenvalue weighted by atomic mass is 10.2. The van der Waals surface area contributed by atoms with Crippen LogP contribution in [0.25, 0.3) is 0 Å². The van der Waals surface area contributed by atoms with Crippen LogP contribution in [0.15, 0.2) is 0 Å². The van der Waals surface area contributed by atoms with Crippen LogP contribution in [0.5, 0.6) is 0 Å². The SMILES string of the molecule is CC(C)(C)[Si](C)(C)OC1CNCCN(C(=O)O)C1. The molecule has 1 fully saturated rings. The second-order valence-electron chi connectivity index (χ2n) is 6.43. The fraction of sp³-hybridized carbons (Fsp3) is 0.917. The lowest BCUT2D eigenvalue weighted by Crippen LogP contribution is -2.48. The Morgan fingerprint density at radius 1 is 1.44 bits per heavy atom. The van der Waals surface area contributed by atoms with E-state index in [1.165, 1.54) is 4.90 Å². The van der Waals surface area contributed by atoms with Crippen molar-refractivity contribution >= 4 is 14.4 Å². The van der Waals surface area contributed by atoms with Gasteiger partial charge >= 0.3 is 6.09 Å². The zero-order valence-electron chi connectivity index (χ0n) is 12.1. The molecule has 0 bridgehead atoms. The molecule has 0 aromatic carbocycles. The molecule has 0 aromatic heterocycles. The van der Waals surface area contributed by atoms with Crippen LogP contribution in [0.3, 0.4) is 0 Å². The lowest BCUT2D eigenvalue weighted by molar-refractivity contribution is 0.113. The average Bonchev–Trinajstić information content (AvgIpc) is 2.40. The van der Waals surface area contributed by atoms with Crippen LogP contribution in [0.4, 0.5) is 4.79 Å². The smallest absolute Gasteiger partial charge is 0.407 e. The molecule has 1 aliphatic heterocycles. The molecule has 1 rings (SSSR count). The van der Waals surface area contributed by atoms with E-state index in [9.17, 15) is 4.79 Å². The molecule has 1 amide bonds. The topological polar surface area (TPSA) is 61.8 Å². The van der Waals surface area contributed by atoms with Crippen molar-refractivity contribution in [2.24, 2.45) is 0 Å². The molecule has 0 spiro atoms. The van der Waals surface area contributed by atoms with Gasteiger partial charge in [0, 0.05) is 19.6 Å². The third-order valence-electron chi connectivity index (χ3n) is 3.89. The first kappa shape index (κ1) is 15.5. The van der Waals surface area contributed by atoms with Crippen molar-refractivity contribution in [3.05, 3.63) is 0 Å². The standard InChI is InChI=1S/C12H26N2O3Si/c1-12(2,3)18(4,5)17-10-8-13-6-7-14(9-10)11(15)16/h10,13H,6-9H2,1-5H3,(H,15,16). The lowest BCUT2D eigenvalue weighted by Gasteiger charge is -2.39. The minimum absolute atomic E-state index is 0.0375. The number of nitrogens with one attached hydrogen (secondary N) is 1. The maximum Gasteiger partial charge on any atom is 0.407 e. The molecule has 1 heterocycles. The molecule has 106 valence electrons. The summed E-state index contributed by atoms with van der Waals surface area (Å²) in [7, 11) is -1.84. The van der Waals surface area contributed by atoms with Crippen molar-refractivity contribution < 1.29 is 14.3 Å². The highest BCUT2D eigenvalue weighted by molar-refractivity contribution is 6.74. The minimum Gasteiger partial charge on any atom is -0.465 e. The summed E-state index contributed by atoms with van der Waals surface area (Å²) in [6.45, 7) is 13.4. The third kappa shape index (κ3) is 3.96. The Bertz CT molecular complexity index is 302. The van der Waals surface area contributed by atoms with Crippen molar-refractivity contribution in [2.75, 3.05) is 26.2 Å². The molecule has 1 aliphatic rings. The van der Waals surface area contributed by atoms with Gasteiger partial charge in [-0.15, -0.1) is 0 Å². The zero-order valence-corrected chi connectivity index (χ0v) is 13.1. The van der Waals surface area contributed by atoms with Gasteiger partial charge in [-0.05, 0) is 18.1 Å². The second kappa shape index (κ2) is 5.58. The summed E-state index contributed by atoms with van der Waals surface area (Å²) in [6, 6.07) is 0. The molecule has 2 N–H and O–H groups in total. The number of amides is 1. The van der Waals surface area contributed by atoms with Gasteiger partial charge in [0.1, 0.15) is 0 Å². The Labute approximate surface area is 111 Å². The molecule has 18 heavy (non-hydrogen) atoms. The van der Waals surface area contributed by atoms with Gasteiger partial charge in [0.2, 0.25) is 0 Å². The van der Waals surface area contributed by atoms with E-state index >= 15 is 0 Å². The maximum atomic E-state index is 11.1. The summed E-state index contributed by atoms with van der Waals surface area (Å²) < 4.78 is 6.28. The molecule has 1 unspecified atom stereocenters. The fourth-order valence-corrected chi connectivity index (χ4v) is 3.07. The molecule has 0 radical (unpaired) electrons. The zero-order chi connectivity index (χ0) is 14.0. The summed E-state index contributed by atoms with van der Waals surface area (Å²) in [5, 5.41) is 12.5. The van der Waals surface area contributed by atoms with E-state index in [0.29, 0.717) is 19.6 Å². The Morgan fingerprint density at radius 2 is 2.06 bits per heavy atom. The molecular formula is C12H26N2O3Si. The monoisotopic (exact) mass is 274 g/mol. The van der Waals surface area contributed by atoms with Crippen LogP contribution in [0.2, 0.25) is 18.1 Å². The van der Waals surface area contributed by atoms with Gasteiger partial charge in [-0.25, -0.2) is 4.79 Å². The highest BCUT2D eigenvalue weighted by atomic mass is 28.4.